The van der Waals surface area contributed by atoms with Gasteiger partial charge < -0.3 is 20.5 Å². The minimum atomic E-state index is -0.867. The number of amides is 2. The van der Waals surface area contributed by atoms with Gasteiger partial charge in [0.15, 0.2) is 0 Å². The minimum absolute atomic E-state index is 0.0215. The van der Waals surface area contributed by atoms with Gasteiger partial charge in [-0.3, -0.25) is 9.59 Å². The molecule has 0 radical (unpaired) electrons. The molecule has 1 fully saturated rings. The molecular formula is C18H18N2O4. The van der Waals surface area contributed by atoms with Gasteiger partial charge in [-0.05, 0) is 29.8 Å². The van der Waals surface area contributed by atoms with E-state index in [9.17, 15) is 14.7 Å². The Morgan fingerprint density at radius 1 is 1.17 bits per heavy atom. The Labute approximate surface area is 139 Å². The van der Waals surface area contributed by atoms with E-state index in [1.165, 1.54) is 0 Å². The van der Waals surface area contributed by atoms with Crippen molar-refractivity contribution < 1.29 is 19.4 Å². The number of ether oxygens (including phenoxy) is 1. The highest BCUT2D eigenvalue weighted by Gasteiger charge is 2.26. The third-order valence-electron chi connectivity index (χ3n) is 3.80. The van der Waals surface area contributed by atoms with Crippen LogP contribution in [0.2, 0.25) is 0 Å². The maximum atomic E-state index is 12.1. The Hall–Kier alpha value is -2.70. The normalized spacial score (nSPS) is 18.5. The van der Waals surface area contributed by atoms with E-state index in [0.717, 1.165) is 0 Å². The molecule has 0 saturated carbocycles. The first-order chi connectivity index (χ1) is 11.6. The van der Waals surface area contributed by atoms with Crippen LogP contribution in [0.15, 0.2) is 54.6 Å². The molecule has 0 bridgehead atoms. The number of nitrogens with one attached hydrogen (secondary N) is 2. The van der Waals surface area contributed by atoms with Crippen LogP contribution in [0.1, 0.15) is 22.0 Å². The second-order valence-electron chi connectivity index (χ2n) is 5.58. The molecule has 6 nitrogen and oxygen atoms in total. The lowest BCUT2D eigenvalue weighted by molar-refractivity contribution is -0.133. The molecule has 1 aliphatic heterocycles. The zero-order chi connectivity index (χ0) is 16.9. The summed E-state index contributed by atoms with van der Waals surface area (Å²) in [7, 11) is 0. The number of hydrogen-bond donors (Lipinski definition) is 3. The lowest BCUT2D eigenvalue weighted by Gasteiger charge is -2.28. The summed E-state index contributed by atoms with van der Waals surface area (Å²) in [5.41, 5.74) is 1.84. The van der Waals surface area contributed by atoms with Gasteiger partial charge in [-0.1, -0.05) is 30.3 Å². The number of benzene rings is 2. The lowest BCUT2D eigenvalue weighted by atomic mass is 10.0. The average molecular weight is 326 g/mol. The van der Waals surface area contributed by atoms with Crippen molar-refractivity contribution in [2.24, 2.45) is 0 Å². The fourth-order valence-electron chi connectivity index (χ4n) is 2.53. The van der Waals surface area contributed by atoms with E-state index in [-0.39, 0.29) is 25.0 Å². The fourth-order valence-corrected chi connectivity index (χ4v) is 2.53. The molecule has 0 spiro atoms. The molecule has 1 saturated heterocycles. The number of carbonyl (C=O) groups excluding carboxylic acids is 2. The van der Waals surface area contributed by atoms with Crippen LogP contribution in [-0.4, -0.2) is 36.2 Å². The molecule has 2 atom stereocenters. The molecule has 1 heterocycles. The van der Waals surface area contributed by atoms with Crippen LogP contribution >= 0.6 is 0 Å². The maximum Gasteiger partial charge on any atom is 0.255 e. The minimum Gasteiger partial charge on any atom is -0.386 e. The number of aliphatic hydroxyl groups is 1. The summed E-state index contributed by atoms with van der Waals surface area (Å²) < 4.78 is 5.13. The first kappa shape index (κ1) is 16.2. The van der Waals surface area contributed by atoms with Crippen molar-refractivity contribution in [2.75, 3.05) is 18.5 Å². The highest BCUT2D eigenvalue weighted by atomic mass is 16.5. The quantitative estimate of drug-likeness (QED) is 0.794. The summed E-state index contributed by atoms with van der Waals surface area (Å²) in [5, 5.41) is 15.8. The Morgan fingerprint density at radius 3 is 2.54 bits per heavy atom. The standard InChI is InChI=1S/C18H18N2O4/c21-16-11-24-10-15(20-16)17(22)12-6-8-14(9-7-12)19-18(23)13-4-2-1-3-5-13/h1-9,15,17,22H,10-11H2,(H,19,23)(H,20,21)/t15-,17-/m1/s1. The van der Waals surface area contributed by atoms with E-state index in [1.807, 2.05) is 6.07 Å². The number of aliphatic hydroxyl groups excluding tert-OH is 1. The van der Waals surface area contributed by atoms with Crippen LogP contribution in [0.4, 0.5) is 5.69 Å². The largest absolute Gasteiger partial charge is 0.386 e. The van der Waals surface area contributed by atoms with Crippen LogP contribution in [0.3, 0.4) is 0 Å². The molecule has 0 aliphatic carbocycles. The molecule has 3 rings (SSSR count). The monoisotopic (exact) mass is 326 g/mol. The number of rotatable bonds is 4. The van der Waals surface area contributed by atoms with Crippen LogP contribution in [-0.2, 0) is 9.53 Å². The SMILES string of the molecule is O=C1COC[C@H]([C@H](O)c2ccc(NC(=O)c3ccccc3)cc2)N1. The van der Waals surface area contributed by atoms with E-state index >= 15 is 0 Å². The number of morpholine rings is 1. The van der Waals surface area contributed by atoms with E-state index in [2.05, 4.69) is 10.6 Å². The first-order valence-corrected chi connectivity index (χ1v) is 7.65. The molecule has 24 heavy (non-hydrogen) atoms. The average Bonchev–Trinajstić information content (AvgIpc) is 2.62. The van der Waals surface area contributed by atoms with E-state index in [1.54, 1.807) is 48.5 Å². The van der Waals surface area contributed by atoms with Gasteiger partial charge in [-0.25, -0.2) is 0 Å². The van der Waals surface area contributed by atoms with Crippen molar-refractivity contribution in [1.82, 2.24) is 5.32 Å². The molecule has 3 N–H and O–H groups in total. The predicted octanol–water partition coefficient (Wildman–Crippen LogP) is 1.49. The van der Waals surface area contributed by atoms with Crippen molar-refractivity contribution in [3.8, 4) is 0 Å². The predicted molar refractivity (Wildman–Crippen MR) is 88.5 cm³/mol. The van der Waals surface area contributed by atoms with Gasteiger partial charge in [-0.15, -0.1) is 0 Å². The van der Waals surface area contributed by atoms with Crippen LogP contribution in [0, 0.1) is 0 Å². The molecule has 0 aromatic heterocycles. The third kappa shape index (κ3) is 3.79. The van der Waals surface area contributed by atoms with Crippen molar-refractivity contribution in [2.45, 2.75) is 12.1 Å². The van der Waals surface area contributed by atoms with Gasteiger partial charge in [-0.2, -0.15) is 0 Å². The van der Waals surface area contributed by atoms with Gasteiger partial charge in [0, 0.05) is 11.3 Å². The van der Waals surface area contributed by atoms with E-state index in [4.69, 9.17) is 4.74 Å². The van der Waals surface area contributed by atoms with Crippen molar-refractivity contribution in [3.05, 3.63) is 65.7 Å². The van der Waals surface area contributed by atoms with Gasteiger partial charge in [0.05, 0.1) is 12.6 Å². The van der Waals surface area contributed by atoms with E-state index in [0.29, 0.717) is 16.8 Å². The first-order valence-electron chi connectivity index (χ1n) is 7.65. The molecular weight excluding hydrogens is 308 g/mol. The topological polar surface area (TPSA) is 87.7 Å². The summed E-state index contributed by atoms with van der Waals surface area (Å²) in [4.78, 5) is 23.4. The Kier molecular flexibility index (Phi) is 4.88. The molecule has 2 amide bonds. The summed E-state index contributed by atoms with van der Waals surface area (Å²) >= 11 is 0. The molecule has 1 aliphatic rings. The summed E-state index contributed by atoms with van der Waals surface area (Å²) in [6, 6.07) is 15.3. The van der Waals surface area contributed by atoms with Crippen molar-refractivity contribution in [1.29, 1.82) is 0 Å². The molecule has 124 valence electrons. The molecule has 0 unspecified atom stereocenters. The smallest absolute Gasteiger partial charge is 0.255 e. The second-order valence-corrected chi connectivity index (χ2v) is 5.58. The number of anilines is 1. The Morgan fingerprint density at radius 2 is 1.88 bits per heavy atom. The van der Waals surface area contributed by atoms with Gasteiger partial charge >= 0.3 is 0 Å². The second kappa shape index (κ2) is 7.25. The number of hydrogen-bond acceptors (Lipinski definition) is 4. The fraction of sp³-hybridized carbons (Fsp3) is 0.222. The number of carbonyl (C=O) groups is 2. The highest BCUT2D eigenvalue weighted by Crippen LogP contribution is 2.21. The van der Waals surface area contributed by atoms with Crippen molar-refractivity contribution >= 4 is 17.5 Å². The molecule has 6 heteroatoms. The van der Waals surface area contributed by atoms with Crippen LogP contribution < -0.4 is 10.6 Å². The van der Waals surface area contributed by atoms with Gasteiger partial charge in [0.2, 0.25) is 5.91 Å². The van der Waals surface area contributed by atoms with Crippen molar-refractivity contribution in [3.63, 3.8) is 0 Å². The summed E-state index contributed by atoms with van der Waals surface area (Å²) in [6.45, 7) is 0.285. The summed E-state index contributed by atoms with van der Waals surface area (Å²) in [5.74, 6) is -0.436. The zero-order valence-corrected chi connectivity index (χ0v) is 12.9. The third-order valence-corrected chi connectivity index (χ3v) is 3.80. The molecule has 2 aromatic carbocycles. The Balaban J connectivity index is 1.64. The van der Waals surface area contributed by atoms with Crippen LogP contribution in [0.25, 0.3) is 0 Å². The van der Waals surface area contributed by atoms with Gasteiger partial charge in [0.25, 0.3) is 5.91 Å². The summed E-state index contributed by atoms with van der Waals surface area (Å²) in [6.07, 6.45) is -0.867. The highest BCUT2D eigenvalue weighted by molar-refractivity contribution is 6.04. The Bertz CT molecular complexity index is 716. The lowest BCUT2D eigenvalue weighted by Crippen LogP contribution is -2.48. The van der Waals surface area contributed by atoms with Crippen LogP contribution in [0.5, 0.6) is 0 Å². The molecule has 2 aromatic rings. The maximum absolute atomic E-state index is 12.1. The van der Waals surface area contributed by atoms with Gasteiger partial charge in [0.1, 0.15) is 12.7 Å². The zero-order valence-electron chi connectivity index (χ0n) is 12.9. The van der Waals surface area contributed by atoms with E-state index < -0.39 is 12.1 Å².